The molecule has 0 radical (unpaired) electrons. The Bertz CT molecular complexity index is 932. The zero-order valence-corrected chi connectivity index (χ0v) is 12.3. The SMILES string of the molecule is COc1ccc(-c2coc3c2C(=O)c2ccccc2C3=O)cc1. The molecule has 1 aliphatic carbocycles. The number of ketones is 2. The van der Waals surface area contributed by atoms with Crippen molar-refractivity contribution in [2.24, 2.45) is 0 Å². The maximum absolute atomic E-state index is 12.8. The Labute approximate surface area is 132 Å². The number of fused-ring (bicyclic) bond motifs is 2. The number of benzene rings is 2. The molecule has 0 N–H and O–H groups in total. The molecule has 4 heteroatoms. The number of carbonyl (C=O) groups excluding carboxylic acids is 2. The van der Waals surface area contributed by atoms with E-state index >= 15 is 0 Å². The fourth-order valence-corrected chi connectivity index (χ4v) is 2.87. The first-order chi connectivity index (χ1) is 11.2. The molecule has 4 rings (SSSR count). The maximum Gasteiger partial charge on any atom is 0.229 e. The summed E-state index contributed by atoms with van der Waals surface area (Å²) in [5.41, 5.74) is 2.56. The fraction of sp³-hybridized carbons (Fsp3) is 0.0526. The second-order valence-corrected chi connectivity index (χ2v) is 5.29. The number of furan rings is 1. The molecule has 0 saturated carbocycles. The van der Waals surface area contributed by atoms with E-state index < -0.39 is 0 Å². The van der Waals surface area contributed by atoms with Crippen LogP contribution in [0.1, 0.15) is 32.0 Å². The summed E-state index contributed by atoms with van der Waals surface area (Å²) < 4.78 is 10.6. The first-order valence-electron chi connectivity index (χ1n) is 7.15. The first kappa shape index (κ1) is 13.5. The highest BCUT2D eigenvalue weighted by Gasteiger charge is 2.35. The Morgan fingerprint density at radius 2 is 1.48 bits per heavy atom. The van der Waals surface area contributed by atoms with E-state index in [4.69, 9.17) is 9.15 Å². The average Bonchev–Trinajstić information content (AvgIpc) is 3.05. The third-order valence-electron chi connectivity index (χ3n) is 4.04. The van der Waals surface area contributed by atoms with Crippen molar-refractivity contribution in [1.82, 2.24) is 0 Å². The van der Waals surface area contributed by atoms with Crippen LogP contribution in [0.2, 0.25) is 0 Å². The highest BCUT2D eigenvalue weighted by molar-refractivity contribution is 6.29. The Balaban J connectivity index is 1.89. The molecule has 0 amide bonds. The smallest absolute Gasteiger partial charge is 0.229 e. The normalized spacial score (nSPS) is 12.7. The van der Waals surface area contributed by atoms with E-state index in [-0.39, 0.29) is 17.3 Å². The fourth-order valence-electron chi connectivity index (χ4n) is 2.87. The summed E-state index contributed by atoms with van der Waals surface area (Å²) in [5, 5.41) is 0. The minimum Gasteiger partial charge on any atom is -0.497 e. The van der Waals surface area contributed by atoms with E-state index in [1.54, 1.807) is 43.5 Å². The highest BCUT2D eigenvalue weighted by atomic mass is 16.5. The molecule has 0 aliphatic heterocycles. The van der Waals surface area contributed by atoms with Gasteiger partial charge in [0.05, 0.1) is 18.9 Å². The molecule has 1 aromatic heterocycles. The van der Waals surface area contributed by atoms with Crippen LogP contribution in [0, 0.1) is 0 Å². The van der Waals surface area contributed by atoms with E-state index in [2.05, 4.69) is 0 Å². The Morgan fingerprint density at radius 3 is 2.13 bits per heavy atom. The van der Waals surface area contributed by atoms with Gasteiger partial charge in [-0.25, -0.2) is 0 Å². The summed E-state index contributed by atoms with van der Waals surface area (Å²) >= 11 is 0. The summed E-state index contributed by atoms with van der Waals surface area (Å²) in [6.45, 7) is 0. The molecule has 1 aliphatic rings. The monoisotopic (exact) mass is 304 g/mol. The predicted molar refractivity (Wildman–Crippen MR) is 84.0 cm³/mol. The van der Waals surface area contributed by atoms with Crippen LogP contribution in [-0.4, -0.2) is 18.7 Å². The molecule has 0 fully saturated rings. The standard InChI is InChI=1S/C19H12O4/c1-22-12-8-6-11(7-9-12)15-10-23-19-16(15)17(20)13-4-2-3-5-14(13)18(19)21/h2-10H,1H3. The van der Waals surface area contributed by atoms with Crippen molar-refractivity contribution in [1.29, 1.82) is 0 Å². The molecule has 0 atom stereocenters. The zero-order chi connectivity index (χ0) is 16.0. The molecule has 2 aromatic carbocycles. The van der Waals surface area contributed by atoms with Gasteiger partial charge in [-0.05, 0) is 17.7 Å². The van der Waals surface area contributed by atoms with Gasteiger partial charge in [-0.1, -0.05) is 36.4 Å². The number of rotatable bonds is 2. The quantitative estimate of drug-likeness (QED) is 0.566. The second kappa shape index (κ2) is 4.95. The summed E-state index contributed by atoms with van der Waals surface area (Å²) in [6.07, 6.45) is 1.47. The van der Waals surface area contributed by atoms with Crippen LogP contribution in [-0.2, 0) is 0 Å². The van der Waals surface area contributed by atoms with Gasteiger partial charge >= 0.3 is 0 Å². The van der Waals surface area contributed by atoms with Gasteiger partial charge in [0, 0.05) is 16.7 Å². The molecular formula is C19H12O4. The predicted octanol–water partition coefficient (Wildman–Crippen LogP) is 3.73. The Morgan fingerprint density at radius 1 is 0.826 bits per heavy atom. The van der Waals surface area contributed by atoms with Gasteiger partial charge in [-0.3, -0.25) is 9.59 Å². The average molecular weight is 304 g/mol. The molecule has 0 unspecified atom stereocenters. The van der Waals surface area contributed by atoms with Crippen molar-refractivity contribution in [3.8, 4) is 16.9 Å². The Kier molecular flexibility index (Phi) is 2.91. The second-order valence-electron chi connectivity index (χ2n) is 5.29. The van der Waals surface area contributed by atoms with Crippen LogP contribution in [0.25, 0.3) is 11.1 Å². The van der Waals surface area contributed by atoms with Crippen molar-refractivity contribution in [2.45, 2.75) is 0 Å². The third-order valence-corrected chi connectivity index (χ3v) is 4.04. The largest absolute Gasteiger partial charge is 0.497 e. The van der Waals surface area contributed by atoms with Crippen molar-refractivity contribution < 1.29 is 18.7 Å². The topological polar surface area (TPSA) is 56.5 Å². The van der Waals surface area contributed by atoms with Crippen LogP contribution in [0.15, 0.2) is 59.2 Å². The van der Waals surface area contributed by atoms with E-state index in [9.17, 15) is 9.59 Å². The van der Waals surface area contributed by atoms with Gasteiger partial charge in [0.2, 0.25) is 5.78 Å². The van der Waals surface area contributed by atoms with Crippen molar-refractivity contribution in [3.05, 3.63) is 77.2 Å². The lowest BCUT2D eigenvalue weighted by Gasteiger charge is -2.14. The molecule has 0 saturated heterocycles. The lowest BCUT2D eigenvalue weighted by molar-refractivity contribution is 0.0960. The molecule has 0 spiro atoms. The van der Waals surface area contributed by atoms with Crippen LogP contribution in [0.4, 0.5) is 0 Å². The van der Waals surface area contributed by atoms with Crippen molar-refractivity contribution in [2.75, 3.05) is 7.11 Å². The van der Waals surface area contributed by atoms with Gasteiger partial charge < -0.3 is 9.15 Å². The van der Waals surface area contributed by atoms with E-state index in [1.165, 1.54) is 6.26 Å². The summed E-state index contributed by atoms with van der Waals surface area (Å²) in [7, 11) is 1.59. The summed E-state index contributed by atoms with van der Waals surface area (Å²) in [6, 6.07) is 14.1. The molecule has 3 aromatic rings. The molecule has 0 bridgehead atoms. The number of ether oxygens (including phenoxy) is 1. The van der Waals surface area contributed by atoms with E-state index in [0.29, 0.717) is 22.3 Å². The van der Waals surface area contributed by atoms with Gasteiger partial charge in [-0.15, -0.1) is 0 Å². The molecule has 1 heterocycles. The van der Waals surface area contributed by atoms with Gasteiger partial charge in [0.15, 0.2) is 11.5 Å². The first-order valence-corrected chi connectivity index (χ1v) is 7.15. The molecule has 112 valence electrons. The van der Waals surface area contributed by atoms with E-state index in [0.717, 1.165) is 11.3 Å². The Hall–Kier alpha value is -3.14. The summed E-state index contributed by atoms with van der Waals surface area (Å²) in [5.74, 6) is 0.392. The number of methoxy groups -OCH3 is 1. The molecular weight excluding hydrogens is 292 g/mol. The van der Waals surface area contributed by atoms with Crippen LogP contribution in [0.5, 0.6) is 5.75 Å². The highest BCUT2D eigenvalue weighted by Crippen LogP contribution is 2.36. The van der Waals surface area contributed by atoms with Gasteiger partial charge in [-0.2, -0.15) is 0 Å². The number of hydrogen-bond donors (Lipinski definition) is 0. The van der Waals surface area contributed by atoms with E-state index in [1.807, 2.05) is 12.1 Å². The maximum atomic E-state index is 12.8. The third kappa shape index (κ3) is 1.92. The minimum absolute atomic E-state index is 0.111. The molecule has 4 nitrogen and oxygen atoms in total. The van der Waals surface area contributed by atoms with Crippen LogP contribution >= 0.6 is 0 Å². The summed E-state index contributed by atoms with van der Waals surface area (Å²) in [4.78, 5) is 25.3. The lowest BCUT2D eigenvalue weighted by Crippen LogP contribution is -2.19. The van der Waals surface area contributed by atoms with Gasteiger partial charge in [0.1, 0.15) is 5.75 Å². The number of carbonyl (C=O) groups is 2. The van der Waals surface area contributed by atoms with Crippen molar-refractivity contribution in [3.63, 3.8) is 0 Å². The van der Waals surface area contributed by atoms with Crippen molar-refractivity contribution >= 4 is 11.6 Å². The van der Waals surface area contributed by atoms with Gasteiger partial charge in [0.25, 0.3) is 0 Å². The van der Waals surface area contributed by atoms with Crippen LogP contribution < -0.4 is 4.74 Å². The van der Waals surface area contributed by atoms with Crippen LogP contribution in [0.3, 0.4) is 0 Å². The lowest BCUT2D eigenvalue weighted by atomic mass is 9.85. The number of hydrogen-bond acceptors (Lipinski definition) is 4. The zero-order valence-electron chi connectivity index (χ0n) is 12.3. The molecule has 23 heavy (non-hydrogen) atoms. The minimum atomic E-state index is -0.255.